The van der Waals surface area contributed by atoms with E-state index in [0.717, 1.165) is 36.9 Å². The number of fused-ring (bicyclic) bond motifs is 1. The van der Waals surface area contributed by atoms with Crippen molar-refractivity contribution in [3.8, 4) is 0 Å². The highest BCUT2D eigenvalue weighted by molar-refractivity contribution is 8.00. The quantitative estimate of drug-likeness (QED) is 0.645. The maximum atomic E-state index is 4.30. The highest BCUT2D eigenvalue weighted by Crippen LogP contribution is 2.36. The van der Waals surface area contributed by atoms with E-state index in [1.807, 2.05) is 35.8 Å². The van der Waals surface area contributed by atoms with Gasteiger partial charge in [-0.3, -0.25) is 9.39 Å². The summed E-state index contributed by atoms with van der Waals surface area (Å²) in [5, 5.41) is 15.2. The van der Waals surface area contributed by atoms with E-state index in [-0.39, 0.29) is 0 Å². The van der Waals surface area contributed by atoms with Crippen molar-refractivity contribution in [2.75, 3.05) is 25.9 Å². The van der Waals surface area contributed by atoms with Crippen LogP contribution in [0.15, 0.2) is 29.4 Å². The minimum Gasteiger partial charge on any atom is -0.356 e. The van der Waals surface area contributed by atoms with Crippen molar-refractivity contribution in [2.24, 2.45) is 4.99 Å². The molecule has 1 aliphatic rings. The van der Waals surface area contributed by atoms with Gasteiger partial charge in [-0.05, 0) is 37.7 Å². The summed E-state index contributed by atoms with van der Waals surface area (Å²) in [6.45, 7) is 4.05. The van der Waals surface area contributed by atoms with Gasteiger partial charge in [-0.2, -0.15) is 11.8 Å². The molecule has 0 radical (unpaired) electrons. The molecule has 0 aliphatic carbocycles. The van der Waals surface area contributed by atoms with Gasteiger partial charge >= 0.3 is 0 Å². The molecular weight excluding hydrogens is 308 g/mol. The Bertz CT molecular complexity index is 674. The summed E-state index contributed by atoms with van der Waals surface area (Å²) < 4.78 is 2.36. The molecule has 0 saturated carbocycles. The van der Waals surface area contributed by atoms with Gasteiger partial charge in [0.1, 0.15) is 5.82 Å². The average Bonchev–Trinajstić information content (AvgIpc) is 3.18. The Labute approximate surface area is 141 Å². The Morgan fingerprint density at radius 2 is 2.30 bits per heavy atom. The van der Waals surface area contributed by atoms with E-state index in [0.29, 0.717) is 4.75 Å². The van der Waals surface area contributed by atoms with Crippen LogP contribution in [0.5, 0.6) is 0 Å². The molecule has 1 aliphatic heterocycles. The normalized spacial score (nSPS) is 21.7. The van der Waals surface area contributed by atoms with Crippen molar-refractivity contribution in [2.45, 2.75) is 30.9 Å². The van der Waals surface area contributed by atoms with Gasteiger partial charge in [0.15, 0.2) is 11.6 Å². The summed E-state index contributed by atoms with van der Waals surface area (Å²) in [7, 11) is 1.81. The van der Waals surface area contributed by atoms with Crippen LogP contribution in [0.2, 0.25) is 0 Å². The Kier molecular flexibility index (Phi) is 5.05. The second-order valence-corrected chi connectivity index (χ2v) is 7.73. The lowest BCUT2D eigenvalue weighted by atomic mass is 10.1. The molecular formula is C16H24N6S. The van der Waals surface area contributed by atoms with Gasteiger partial charge in [0.05, 0.1) is 0 Å². The molecule has 1 atom stereocenters. The summed E-state index contributed by atoms with van der Waals surface area (Å²) in [5.74, 6) is 3.08. The van der Waals surface area contributed by atoms with E-state index in [2.05, 4.69) is 44.5 Å². The van der Waals surface area contributed by atoms with Crippen LogP contribution in [0.4, 0.5) is 0 Å². The summed E-state index contributed by atoms with van der Waals surface area (Å²) >= 11 is 2.05. The lowest BCUT2D eigenvalue weighted by molar-refractivity contribution is 0.584. The van der Waals surface area contributed by atoms with Crippen LogP contribution < -0.4 is 10.6 Å². The highest BCUT2D eigenvalue weighted by atomic mass is 32.2. The Hall–Kier alpha value is -1.76. The predicted molar refractivity (Wildman–Crippen MR) is 96.2 cm³/mol. The second-order valence-electron chi connectivity index (χ2n) is 6.05. The molecule has 1 unspecified atom stereocenters. The molecule has 0 spiro atoms. The second kappa shape index (κ2) is 7.21. The van der Waals surface area contributed by atoms with E-state index in [1.54, 1.807) is 0 Å². The first kappa shape index (κ1) is 16.1. The monoisotopic (exact) mass is 332 g/mol. The zero-order valence-corrected chi connectivity index (χ0v) is 14.6. The van der Waals surface area contributed by atoms with Gasteiger partial charge in [-0.1, -0.05) is 6.07 Å². The molecule has 3 rings (SSSR count). The average molecular weight is 332 g/mol. The van der Waals surface area contributed by atoms with Gasteiger partial charge in [-0.15, -0.1) is 10.2 Å². The number of aliphatic imine (C=N–C) groups is 1. The number of nitrogens with zero attached hydrogens (tertiary/aromatic N) is 4. The van der Waals surface area contributed by atoms with E-state index < -0.39 is 0 Å². The van der Waals surface area contributed by atoms with Crippen molar-refractivity contribution in [3.63, 3.8) is 0 Å². The molecule has 7 heteroatoms. The van der Waals surface area contributed by atoms with Crippen LogP contribution >= 0.6 is 11.8 Å². The fraction of sp³-hybridized carbons (Fsp3) is 0.562. The number of hydrogen-bond acceptors (Lipinski definition) is 4. The van der Waals surface area contributed by atoms with Crippen molar-refractivity contribution >= 4 is 23.4 Å². The number of pyridine rings is 1. The summed E-state index contributed by atoms with van der Waals surface area (Å²) in [5.41, 5.74) is 0.885. The molecule has 0 amide bonds. The fourth-order valence-corrected chi connectivity index (χ4v) is 4.07. The Balaban J connectivity index is 1.48. The minimum atomic E-state index is 0.334. The largest absolute Gasteiger partial charge is 0.356 e. The molecule has 2 aromatic rings. The zero-order valence-electron chi connectivity index (χ0n) is 13.7. The molecule has 0 aromatic carbocycles. The summed E-state index contributed by atoms with van der Waals surface area (Å²) in [4.78, 5) is 4.30. The Morgan fingerprint density at radius 1 is 1.39 bits per heavy atom. The maximum absolute atomic E-state index is 4.30. The maximum Gasteiger partial charge on any atom is 0.191 e. The number of guanidine groups is 1. The minimum absolute atomic E-state index is 0.334. The van der Waals surface area contributed by atoms with Gasteiger partial charge in [0, 0.05) is 37.5 Å². The molecule has 2 N–H and O–H groups in total. The molecule has 1 fully saturated rings. The van der Waals surface area contributed by atoms with Gasteiger partial charge in [-0.25, -0.2) is 0 Å². The molecule has 1 saturated heterocycles. The van der Waals surface area contributed by atoms with Crippen LogP contribution in [-0.4, -0.2) is 51.2 Å². The first-order chi connectivity index (χ1) is 11.2. The predicted octanol–water partition coefficient (Wildman–Crippen LogP) is 1.72. The molecule has 3 heterocycles. The summed E-state index contributed by atoms with van der Waals surface area (Å²) in [6.07, 6.45) is 5.38. The van der Waals surface area contributed by atoms with Gasteiger partial charge < -0.3 is 10.6 Å². The highest BCUT2D eigenvalue weighted by Gasteiger charge is 2.29. The van der Waals surface area contributed by atoms with E-state index in [1.165, 1.54) is 18.6 Å². The molecule has 124 valence electrons. The van der Waals surface area contributed by atoms with Crippen molar-refractivity contribution in [1.82, 2.24) is 25.2 Å². The van der Waals surface area contributed by atoms with Crippen molar-refractivity contribution in [1.29, 1.82) is 0 Å². The topological polar surface area (TPSA) is 66.6 Å². The molecule has 2 aromatic heterocycles. The standard InChI is InChI=1S/C16H24N6S/c1-16(8-5-11-23-16)12-19-15(17-2)18-9-7-14-21-20-13-6-3-4-10-22(13)14/h3-4,6,10H,5,7-9,11-12H2,1-2H3,(H2,17,18,19). The number of aromatic nitrogens is 3. The third-order valence-corrected chi connectivity index (χ3v) is 5.72. The molecule has 6 nitrogen and oxygen atoms in total. The van der Waals surface area contributed by atoms with Crippen LogP contribution in [0, 0.1) is 0 Å². The zero-order chi connectivity index (χ0) is 16.1. The van der Waals surface area contributed by atoms with E-state index in [9.17, 15) is 0 Å². The third kappa shape index (κ3) is 3.96. The first-order valence-corrected chi connectivity index (χ1v) is 9.06. The lowest BCUT2D eigenvalue weighted by Gasteiger charge is -2.24. The van der Waals surface area contributed by atoms with Gasteiger partial charge in [0.2, 0.25) is 0 Å². The first-order valence-electron chi connectivity index (χ1n) is 8.07. The number of rotatable bonds is 5. The van der Waals surface area contributed by atoms with Crippen LogP contribution in [0.1, 0.15) is 25.6 Å². The lowest BCUT2D eigenvalue weighted by Crippen LogP contribution is -2.44. The third-order valence-electron chi connectivity index (χ3n) is 4.18. The van der Waals surface area contributed by atoms with Gasteiger partial charge in [0.25, 0.3) is 0 Å². The van der Waals surface area contributed by atoms with Crippen LogP contribution in [0.3, 0.4) is 0 Å². The SMILES string of the molecule is CN=C(NCCc1nnc2ccccn12)NCC1(C)CCCS1. The van der Waals surface area contributed by atoms with Crippen molar-refractivity contribution in [3.05, 3.63) is 30.2 Å². The van der Waals surface area contributed by atoms with E-state index >= 15 is 0 Å². The molecule has 0 bridgehead atoms. The number of thioether (sulfide) groups is 1. The van der Waals surface area contributed by atoms with Crippen LogP contribution in [-0.2, 0) is 6.42 Å². The van der Waals surface area contributed by atoms with Crippen LogP contribution in [0.25, 0.3) is 5.65 Å². The molecule has 23 heavy (non-hydrogen) atoms. The number of hydrogen-bond donors (Lipinski definition) is 2. The van der Waals surface area contributed by atoms with Crippen molar-refractivity contribution < 1.29 is 0 Å². The van der Waals surface area contributed by atoms with E-state index in [4.69, 9.17) is 0 Å². The summed E-state index contributed by atoms with van der Waals surface area (Å²) in [6, 6.07) is 5.93. The smallest absolute Gasteiger partial charge is 0.191 e. The Morgan fingerprint density at radius 3 is 3.09 bits per heavy atom. The number of nitrogens with one attached hydrogen (secondary N) is 2. The fourth-order valence-electron chi connectivity index (χ4n) is 2.82.